The Hall–Kier alpha value is -1.78. The van der Waals surface area contributed by atoms with Crippen LogP contribution in [0.1, 0.15) is 25.0 Å². The number of nitrogens with zero attached hydrogens (tertiary/aromatic N) is 3. The van der Waals surface area contributed by atoms with Gasteiger partial charge in [0, 0.05) is 33.2 Å². The number of hydrogen-bond donors (Lipinski definition) is 0. The predicted molar refractivity (Wildman–Crippen MR) is 85.9 cm³/mol. The molecule has 1 aliphatic heterocycles. The number of morpholine rings is 1. The summed E-state index contributed by atoms with van der Waals surface area (Å²) in [5.74, 6) is 0. The van der Waals surface area contributed by atoms with Crippen molar-refractivity contribution in [3.8, 4) is 6.07 Å². The molecule has 24 heavy (non-hydrogen) atoms. The Kier molecular flexibility index (Phi) is 5.73. The van der Waals surface area contributed by atoms with Crippen molar-refractivity contribution in [1.82, 2.24) is 4.90 Å². The Bertz CT molecular complexity index is 602. The first-order chi connectivity index (χ1) is 11.2. The molecule has 1 heterocycles. The lowest BCUT2D eigenvalue weighted by molar-refractivity contribution is -0.137. The summed E-state index contributed by atoms with van der Waals surface area (Å²) in [6, 6.07) is 5.16. The number of rotatable bonds is 4. The third kappa shape index (κ3) is 4.62. The molecule has 0 unspecified atom stereocenters. The van der Waals surface area contributed by atoms with Gasteiger partial charge in [0.2, 0.25) is 0 Å². The monoisotopic (exact) mass is 341 g/mol. The summed E-state index contributed by atoms with van der Waals surface area (Å²) >= 11 is 0. The lowest BCUT2D eigenvalue weighted by Gasteiger charge is -2.36. The average Bonchev–Trinajstić information content (AvgIpc) is 2.50. The second kappa shape index (κ2) is 7.41. The van der Waals surface area contributed by atoms with Gasteiger partial charge in [0.1, 0.15) is 6.07 Å². The predicted octanol–water partition coefficient (Wildman–Crippen LogP) is 3.12. The van der Waals surface area contributed by atoms with Gasteiger partial charge in [-0.15, -0.1) is 0 Å². The number of alkyl halides is 3. The molecule has 0 N–H and O–H groups in total. The van der Waals surface area contributed by atoms with E-state index in [-0.39, 0.29) is 17.8 Å². The molecule has 1 aromatic rings. The third-order valence-corrected chi connectivity index (χ3v) is 4.10. The second-order valence-corrected chi connectivity index (χ2v) is 6.28. The Morgan fingerprint density at radius 2 is 1.92 bits per heavy atom. The molecule has 7 heteroatoms. The highest BCUT2D eigenvalue weighted by Crippen LogP contribution is 2.32. The number of benzene rings is 1. The van der Waals surface area contributed by atoms with Crippen molar-refractivity contribution in [2.24, 2.45) is 0 Å². The Balaban J connectivity index is 2.04. The molecule has 132 valence electrons. The highest BCUT2D eigenvalue weighted by atomic mass is 19.4. The SMILES string of the molecule is C[C@@H]1CN(CCN(C)c2ccc(C(F)(F)F)cc2C#N)C[C@H](C)O1. The van der Waals surface area contributed by atoms with Gasteiger partial charge >= 0.3 is 6.18 Å². The standard InChI is InChI=1S/C17H22F3N3O/c1-12-10-23(11-13(2)24-12)7-6-22(3)16-5-4-15(17(18,19)20)8-14(16)9-21/h4-5,8,12-13H,6-7,10-11H2,1-3H3/t12-,13+. The largest absolute Gasteiger partial charge is 0.416 e. The van der Waals surface area contributed by atoms with Crippen molar-refractivity contribution >= 4 is 5.69 Å². The fourth-order valence-corrected chi connectivity index (χ4v) is 3.01. The van der Waals surface area contributed by atoms with E-state index in [4.69, 9.17) is 4.74 Å². The Labute approximate surface area is 140 Å². The maximum absolute atomic E-state index is 12.8. The van der Waals surface area contributed by atoms with Crippen LogP contribution in [0.15, 0.2) is 18.2 Å². The van der Waals surface area contributed by atoms with E-state index in [0.717, 1.165) is 31.8 Å². The van der Waals surface area contributed by atoms with Gasteiger partial charge < -0.3 is 9.64 Å². The summed E-state index contributed by atoms with van der Waals surface area (Å²) in [7, 11) is 1.79. The van der Waals surface area contributed by atoms with Crippen LogP contribution in [0.25, 0.3) is 0 Å². The van der Waals surface area contributed by atoms with Crippen molar-refractivity contribution in [1.29, 1.82) is 5.26 Å². The van der Waals surface area contributed by atoms with Gasteiger partial charge in [0.05, 0.1) is 29.0 Å². The van der Waals surface area contributed by atoms with Crippen molar-refractivity contribution in [2.45, 2.75) is 32.2 Å². The zero-order valence-electron chi connectivity index (χ0n) is 14.1. The molecular formula is C17H22F3N3O. The fourth-order valence-electron chi connectivity index (χ4n) is 3.01. The Morgan fingerprint density at radius 3 is 2.46 bits per heavy atom. The molecule has 1 aliphatic rings. The van der Waals surface area contributed by atoms with Crippen LogP contribution in [0.2, 0.25) is 0 Å². The van der Waals surface area contributed by atoms with Gasteiger partial charge in [0.15, 0.2) is 0 Å². The molecule has 4 nitrogen and oxygen atoms in total. The van der Waals surface area contributed by atoms with Crippen LogP contribution in [0, 0.1) is 11.3 Å². The molecule has 2 atom stereocenters. The van der Waals surface area contributed by atoms with E-state index in [9.17, 15) is 18.4 Å². The number of halogens is 3. The van der Waals surface area contributed by atoms with Crippen molar-refractivity contribution in [2.75, 3.05) is 38.1 Å². The first-order valence-corrected chi connectivity index (χ1v) is 7.91. The van der Waals surface area contributed by atoms with E-state index in [1.54, 1.807) is 7.05 Å². The molecule has 1 saturated heterocycles. The Morgan fingerprint density at radius 1 is 1.29 bits per heavy atom. The van der Waals surface area contributed by atoms with Crippen LogP contribution in [0.3, 0.4) is 0 Å². The summed E-state index contributed by atoms with van der Waals surface area (Å²) in [6.45, 7) is 7.10. The minimum absolute atomic E-state index is 0.0380. The van der Waals surface area contributed by atoms with Crippen LogP contribution in [0.4, 0.5) is 18.9 Å². The van der Waals surface area contributed by atoms with Gasteiger partial charge in [-0.25, -0.2) is 0 Å². The van der Waals surface area contributed by atoms with E-state index in [1.165, 1.54) is 6.07 Å². The maximum Gasteiger partial charge on any atom is 0.416 e. The van der Waals surface area contributed by atoms with E-state index in [1.807, 2.05) is 24.8 Å². The quantitative estimate of drug-likeness (QED) is 0.844. The minimum atomic E-state index is -4.44. The van der Waals surface area contributed by atoms with E-state index in [0.29, 0.717) is 12.2 Å². The van der Waals surface area contributed by atoms with Gasteiger partial charge in [-0.05, 0) is 32.0 Å². The fraction of sp³-hybridized carbons (Fsp3) is 0.588. The summed E-state index contributed by atoms with van der Waals surface area (Å²) in [6.07, 6.45) is -4.11. The lowest BCUT2D eigenvalue weighted by Crippen LogP contribution is -2.47. The summed E-state index contributed by atoms with van der Waals surface area (Å²) < 4.78 is 44.0. The second-order valence-electron chi connectivity index (χ2n) is 6.28. The van der Waals surface area contributed by atoms with Crippen molar-refractivity contribution in [3.63, 3.8) is 0 Å². The molecular weight excluding hydrogens is 319 g/mol. The first-order valence-electron chi connectivity index (χ1n) is 7.91. The van der Waals surface area contributed by atoms with Gasteiger partial charge in [-0.1, -0.05) is 0 Å². The molecule has 0 aromatic heterocycles. The molecule has 0 spiro atoms. The zero-order chi connectivity index (χ0) is 17.9. The summed E-state index contributed by atoms with van der Waals surface area (Å²) in [5, 5.41) is 9.17. The molecule has 0 amide bonds. The molecule has 0 bridgehead atoms. The maximum atomic E-state index is 12.8. The molecule has 2 rings (SSSR count). The number of nitriles is 1. The topological polar surface area (TPSA) is 39.5 Å². The van der Waals surface area contributed by atoms with E-state index in [2.05, 4.69) is 4.90 Å². The minimum Gasteiger partial charge on any atom is -0.373 e. The number of likely N-dealkylation sites (N-methyl/N-ethyl adjacent to an activating group) is 1. The first kappa shape index (κ1) is 18.6. The normalized spacial score (nSPS) is 22.2. The van der Waals surface area contributed by atoms with Crippen molar-refractivity contribution in [3.05, 3.63) is 29.3 Å². The van der Waals surface area contributed by atoms with Gasteiger partial charge in [-0.2, -0.15) is 18.4 Å². The third-order valence-electron chi connectivity index (χ3n) is 4.10. The summed E-state index contributed by atoms with van der Waals surface area (Å²) in [5.41, 5.74) is -0.247. The number of anilines is 1. The zero-order valence-corrected chi connectivity index (χ0v) is 14.1. The van der Waals surface area contributed by atoms with Crippen LogP contribution in [-0.4, -0.2) is 50.3 Å². The average molecular weight is 341 g/mol. The highest BCUT2D eigenvalue weighted by Gasteiger charge is 2.31. The molecule has 0 saturated carbocycles. The van der Waals surface area contributed by atoms with Crippen LogP contribution in [-0.2, 0) is 10.9 Å². The number of hydrogen-bond acceptors (Lipinski definition) is 4. The molecule has 0 radical (unpaired) electrons. The highest BCUT2D eigenvalue weighted by molar-refractivity contribution is 5.60. The van der Waals surface area contributed by atoms with Gasteiger partial charge in [-0.3, -0.25) is 4.90 Å². The molecule has 1 aromatic carbocycles. The van der Waals surface area contributed by atoms with Crippen LogP contribution in [0.5, 0.6) is 0 Å². The summed E-state index contributed by atoms with van der Waals surface area (Å²) in [4.78, 5) is 4.09. The molecule has 0 aliphatic carbocycles. The lowest BCUT2D eigenvalue weighted by atomic mass is 10.1. The number of ether oxygens (including phenoxy) is 1. The van der Waals surface area contributed by atoms with Crippen molar-refractivity contribution < 1.29 is 17.9 Å². The molecule has 1 fully saturated rings. The van der Waals surface area contributed by atoms with Gasteiger partial charge in [0.25, 0.3) is 0 Å². The van der Waals surface area contributed by atoms with E-state index < -0.39 is 11.7 Å². The van der Waals surface area contributed by atoms with E-state index >= 15 is 0 Å². The smallest absolute Gasteiger partial charge is 0.373 e. The van der Waals surface area contributed by atoms with Crippen LogP contribution >= 0.6 is 0 Å². The van der Waals surface area contributed by atoms with Crippen LogP contribution < -0.4 is 4.90 Å².